The first-order chi connectivity index (χ1) is 14.0. The van der Waals surface area contributed by atoms with Crippen LogP contribution in [0.5, 0.6) is 5.75 Å². The summed E-state index contributed by atoms with van der Waals surface area (Å²) in [5.74, 6) is 0.720. The summed E-state index contributed by atoms with van der Waals surface area (Å²) in [6.45, 7) is 3.87. The fourth-order valence-corrected chi connectivity index (χ4v) is 3.69. The molecular weight excluding hydrogens is 369 g/mol. The van der Waals surface area contributed by atoms with Gasteiger partial charge in [-0.15, -0.1) is 0 Å². The molecule has 4 rings (SSSR count). The molecule has 0 saturated heterocycles. The summed E-state index contributed by atoms with van der Waals surface area (Å²) >= 11 is 0. The van der Waals surface area contributed by atoms with E-state index in [4.69, 9.17) is 4.74 Å². The molecule has 1 unspecified atom stereocenters. The molecule has 1 fully saturated rings. The number of methoxy groups -OCH3 is 1. The van der Waals surface area contributed by atoms with Crippen molar-refractivity contribution >= 4 is 11.6 Å². The van der Waals surface area contributed by atoms with Gasteiger partial charge in [0.25, 0.3) is 5.91 Å². The number of para-hydroxylation sites is 1. The second-order valence-electron chi connectivity index (χ2n) is 7.46. The minimum absolute atomic E-state index is 0.0621. The molecule has 1 heterocycles. The van der Waals surface area contributed by atoms with Gasteiger partial charge in [0, 0.05) is 11.7 Å². The van der Waals surface area contributed by atoms with Crippen LogP contribution >= 0.6 is 0 Å². The molecule has 0 N–H and O–H groups in total. The number of hydrogen-bond acceptors (Lipinski definition) is 3. The predicted molar refractivity (Wildman–Crippen MR) is 110 cm³/mol. The number of carbonyl (C=O) groups is 1. The number of carbonyl (C=O) groups excluding carboxylic acids is 1. The number of benzene rings is 2. The molecule has 0 spiro atoms. The number of amides is 1. The summed E-state index contributed by atoms with van der Waals surface area (Å²) < 4.78 is 21.0. The number of rotatable bonds is 6. The van der Waals surface area contributed by atoms with E-state index >= 15 is 0 Å². The minimum atomic E-state index is -0.379. The predicted octanol–water partition coefficient (Wildman–Crippen LogP) is 4.77. The zero-order valence-corrected chi connectivity index (χ0v) is 16.8. The molecule has 6 heteroatoms. The molecule has 1 aliphatic rings. The molecule has 2 aromatic carbocycles. The lowest BCUT2D eigenvalue weighted by atomic mass is 10.1. The number of anilines is 1. The smallest absolute Gasteiger partial charge is 0.262 e. The van der Waals surface area contributed by atoms with Crippen molar-refractivity contribution in [1.29, 1.82) is 0 Å². The molecule has 0 radical (unpaired) electrons. The largest absolute Gasteiger partial charge is 0.497 e. The SMILES string of the molecule is COc1ccc(N(C(=O)c2cnn(-c3ccccc3F)c2C)C(C)C2CC2)cc1. The molecule has 1 aliphatic carbocycles. The maximum Gasteiger partial charge on any atom is 0.262 e. The Morgan fingerprint density at radius 3 is 2.52 bits per heavy atom. The Hall–Kier alpha value is -3.15. The van der Waals surface area contributed by atoms with E-state index in [1.54, 1.807) is 32.2 Å². The van der Waals surface area contributed by atoms with E-state index < -0.39 is 0 Å². The molecule has 1 saturated carbocycles. The van der Waals surface area contributed by atoms with Crippen LogP contribution in [0.25, 0.3) is 5.69 Å². The topological polar surface area (TPSA) is 47.4 Å². The molecule has 0 aliphatic heterocycles. The van der Waals surface area contributed by atoms with E-state index in [9.17, 15) is 9.18 Å². The summed E-state index contributed by atoms with van der Waals surface area (Å²) in [4.78, 5) is 15.4. The number of nitrogens with zero attached hydrogens (tertiary/aromatic N) is 3. The quantitative estimate of drug-likeness (QED) is 0.606. The van der Waals surface area contributed by atoms with Crippen LogP contribution in [0.2, 0.25) is 0 Å². The maximum absolute atomic E-state index is 14.2. The van der Waals surface area contributed by atoms with Gasteiger partial charge >= 0.3 is 0 Å². The summed E-state index contributed by atoms with van der Waals surface area (Å²) in [7, 11) is 1.62. The molecule has 1 atom stereocenters. The van der Waals surface area contributed by atoms with Gasteiger partial charge in [0.1, 0.15) is 17.3 Å². The number of ether oxygens (including phenoxy) is 1. The van der Waals surface area contributed by atoms with Gasteiger partial charge in [0.15, 0.2) is 0 Å². The Kier molecular flexibility index (Phi) is 5.09. The Bertz CT molecular complexity index is 1020. The average molecular weight is 393 g/mol. The molecule has 150 valence electrons. The Labute approximate surface area is 169 Å². The molecule has 0 bridgehead atoms. The van der Waals surface area contributed by atoms with E-state index in [0.29, 0.717) is 22.9 Å². The first kappa shape index (κ1) is 19.2. The van der Waals surface area contributed by atoms with Crippen molar-refractivity contribution in [2.45, 2.75) is 32.7 Å². The van der Waals surface area contributed by atoms with Crippen LogP contribution in [0.1, 0.15) is 35.8 Å². The van der Waals surface area contributed by atoms with Gasteiger partial charge in [-0.25, -0.2) is 9.07 Å². The van der Waals surface area contributed by atoms with Crippen LogP contribution in [0.15, 0.2) is 54.7 Å². The first-order valence-electron chi connectivity index (χ1n) is 9.78. The van der Waals surface area contributed by atoms with Gasteiger partial charge in [0.2, 0.25) is 0 Å². The second-order valence-corrected chi connectivity index (χ2v) is 7.46. The Balaban J connectivity index is 1.72. The molecular formula is C23H24FN3O2. The standard InChI is InChI=1S/C23H24FN3O2/c1-15(17-8-9-17)26(18-10-12-19(29-3)13-11-18)23(28)20-14-25-27(16(20)2)22-7-5-4-6-21(22)24/h4-7,10-15,17H,8-9H2,1-3H3. The number of aromatic nitrogens is 2. The molecule has 5 nitrogen and oxygen atoms in total. The van der Waals surface area contributed by atoms with Crippen molar-refractivity contribution in [2.24, 2.45) is 5.92 Å². The lowest BCUT2D eigenvalue weighted by molar-refractivity contribution is 0.0975. The Morgan fingerprint density at radius 1 is 1.21 bits per heavy atom. The minimum Gasteiger partial charge on any atom is -0.497 e. The molecule has 3 aromatic rings. The van der Waals surface area contributed by atoms with Crippen molar-refractivity contribution in [2.75, 3.05) is 12.0 Å². The average Bonchev–Trinajstić information content (AvgIpc) is 3.52. The highest BCUT2D eigenvalue weighted by Crippen LogP contribution is 2.38. The van der Waals surface area contributed by atoms with Gasteiger partial charge in [0.05, 0.1) is 24.6 Å². The fraction of sp³-hybridized carbons (Fsp3) is 0.304. The second kappa shape index (κ2) is 7.70. The highest BCUT2D eigenvalue weighted by atomic mass is 19.1. The van der Waals surface area contributed by atoms with Crippen molar-refractivity contribution in [3.63, 3.8) is 0 Å². The highest BCUT2D eigenvalue weighted by Gasteiger charge is 2.36. The van der Waals surface area contributed by atoms with Gasteiger partial charge < -0.3 is 9.64 Å². The zero-order valence-electron chi connectivity index (χ0n) is 16.8. The zero-order chi connectivity index (χ0) is 20.5. The number of halogens is 1. The van der Waals surface area contributed by atoms with Crippen molar-refractivity contribution in [3.05, 3.63) is 71.8 Å². The summed E-state index contributed by atoms with van der Waals surface area (Å²) in [6, 6.07) is 14.0. The summed E-state index contributed by atoms with van der Waals surface area (Å²) in [5, 5.41) is 4.30. The molecule has 1 aromatic heterocycles. The van der Waals surface area contributed by atoms with Gasteiger partial charge in [-0.2, -0.15) is 5.10 Å². The monoisotopic (exact) mass is 393 g/mol. The Morgan fingerprint density at radius 2 is 1.90 bits per heavy atom. The van der Waals surface area contributed by atoms with Crippen molar-refractivity contribution in [3.8, 4) is 11.4 Å². The van der Waals surface area contributed by atoms with Crippen LogP contribution < -0.4 is 9.64 Å². The van der Waals surface area contributed by atoms with Crippen molar-refractivity contribution in [1.82, 2.24) is 9.78 Å². The van der Waals surface area contributed by atoms with E-state index in [1.807, 2.05) is 29.2 Å². The van der Waals surface area contributed by atoms with Crippen LogP contribution in [0.4, 0.5) is 10.1 Å². The third-order valence-electron chi connectivity index (χ3n) is 5.60. The first-order valence-corrected chi connectivity index (χ1v) is 9.78. The summed E-state index contributed by atoms with van der Waals surface area (Å²) in [5.41, 5.74) is 2.22. The van der Waals surface area contributed by atoms with Gasteiger partial charge in [-0.1, -0.05) is 12.1 Å². The van der Waals surface area contributed by atoms with E-state index in [0.717, 1.165) is 24.3 Å². The van der Waals surface area contributed by atoms with E-state index in [2.05, 4.69) is 12.0 Å². The van der Waals surface area contributed by atoms with Crippen molar-refractivity contribution < 1.29 is 13.9 Å². The lowest BCUT2D eigenvalue weighted by Crippen LogP contribution is -2.40. The third kappa shape index (κ3) is 3.62. The number of hydrogen-bond donors (Lipinski definition) is 0. The van der Waals surface area contributed by atoms with Crippen LogP contribution in [-0.4, -0.2) is 28.8 Å². The van der Waals surface area contributed by atoms with E-state index in [1.165, 1.54) is 16.9 Å². The van der Waals surface area contributed by atoms with E-state index in [-0.39, 0.29) is 17.8 Å². The molecule has 29 heavy (non-hydrogen) atoms. The van der Waals surface area contributed by atoms with Crippen LogP contribution in [-0.2, 0) is 0 Å². The highest BCUT2D eigenvalue weighted by molar-refractivity contribution is 6.07. The van der Waals surface area contributed by atoms with Crippen LogP contribution in [0.3, 0.4) is 0 Å². The van der Waals surface area contributed by atoms with Gasteiger partial charge in [-0.05, 0) is 69.0 Å². The summed E-state index contributed by atoms with van der Waals surface area (Å²) in [6.07, 6.45) is 3.77. The fourth-order valence-electron chi connectivity index (χ4n) is 3.69. The van der Waals surface area contributed by atoms with Gasteiger partial charge in [-0.3, -0.25) is 4.79 Å². The molecule has 1 amide bonds. The third-order valence-corrected chi connectivity index (χ3v) is 5.60. The van der Waals surface area contributed by atoms with Crippen LogP contribution in [0, 0.1) is 18.7 Å². The normalized spacial score (nSPS) is 14.5. The lowest BCUT2D eigenvalue weighted by Gasteiger charge is -2.29. The maximum atomic E-state index is 14.2.